The molecule has 4 rings (SSSR count). The SMILES string of the molecule is CCCCCCCC1CCC(C2CCC(C3CCC(c4ccc(OC(F)(F)C(F)C(F)(F)F)cc4)CC3)CC2)CC1. The van der Waals surface area contributed by atoms with Crippen LogP contribution in [0.3, 0.4) is 0 Å². The first-order valence-corrected chi connectivity index (χ1v) is 16.4. The molecule has 0 spiro atoms. The molecule has 234 valence electrons. The average Bonchev–Trinajstić information content (AvgIpc) is 2.97. The topological polar surface area (TPSA) is 9.23 Å². The van der Waals surface area contributed by atoms with Gasteiger partial charge < -0.3 is 4.74 Å². The smallest absolute Gasteiger partial charge is 0.430 e. The lowest BCUT2D eigenvalue weighted by Crippen LogP contribution is -2.45. The van der Waals surface area contributed by atoms with Crippen LogP contribution in [0.5, 0.6) is 5.75 Å². The predicted octanol–water partition coefficient (Wildman–Crippen LogP) is 11.8. The first-order valence-electron chi connectivity index (χ1n) is 16.4. The van der Waals surface area contributed by atoms with Crippen molar-refractivity contribution in [3.63, 3.8) is 0 Å². The standard InChI is InChI=1S/C34H50F6O/c1-2-3-4-5-6-7-24-8-10-25(11-9-24)26-12-14-27(15-13-26)28-16-18-29(19-17-28)30-20-22-31(23-21-30)41-34(39,40)32(35)33(36,37)38/h20-29,32H,2-19H2,1H3. The third-order valence-corrected chi connectivity index (χ3v) is 10.7. The molecular weight excluding hydrogens is 538 g/mol. The molecule has 1 aromatic rings. The Morgan fingerprint density at radius 3 is 1.61 bits per heavy atom. The van der Waals surface area contributed by atoms with Crippen molar-refractivity contribution in [2.24, 2.45) is 29.6 Å². The van der Waals surface area contributed by atoms with Crippen LogP contribution in [-0.4, -0.2) is 18.5 Å². The third-order valence-electron chi connectivity index (χ3n) is 10.7. The summed E-state index contributed by atoms with van der Waals surface area (Å²) in [6.07, 6.45) is 9.01. The van der Waals surface area contributed by atoms with Gasteiger partial charge in [-0.3, -0.25) is 0 Å². The zero-order valence-electron chi connectivity index (χ0n) is 24.8. The van der Waals surface area contributed by atoms with Gasteiger partial charge in [0.05, 0.1) is 0 Å². The molecule has 0 N–H and O–H groups in total. The largest absolute Gasteiger partial charge is 0.439 e. The van der Waals surface area contributed by atoms with Crippen LogP contribution in [0.1, 0.15) is 134 Å². The van der Waals surface area contributed by atoms with E-state index in [-0.39, 0.29) is 0 Å². The maximum absolute atomic E-state index is 13.6. The van der Waals surface area contributed by atoms with Crippen LogP contribution in [0.2, 0.25) is 0 Å². The molecule has 7 heteroatoms. The molecule has 0 aromatic heterocycles. The van der Waals surface area contributed by atoms with Gasteiger partial charge in [0, 0.05) is 0 Å². The minimum Gasteiger partial charge on any atom is -0.430 e. The Labute approximate surface area is 243 Å². The second-order valence-electron chi connectivity index (χ2n) is 13.4. The minimum atomic E-state index is -5.69. The van der Waals surface area contributed by atoms with E-state index >= 15 is 0 Å². The van der Waals surface area contributed by atoms with Gasteiger partial charge >= 0.3 is 12.3 Å². The fourth-order valence-electron chi connectivity index (χ4n) is 8.20. The molecule has 3 aliphatic carbocycles. The molecule has 1 atom stereocenters. The quantitative estimate of drug-likeness (QED) is 0.174. The van der Waals surface area contributed by atoms with Crippen molar-refractivity contribution in [2.45, 2.75) is 147 Å². The van der Waals surface area contributed by atoms with Crippen molar-refractivity contribution in [3.05, 3.63) is 29.8 Å². The van der Waals surface area contributed by atoms with E-state index in [0.717, 1.165) is 60.8 Å². The molecule has 1 aromatic carbocycles. The maximum atomic E-state index is 13.6. The van der Waals surface area contributed by atoms with Gasteiger partial charge in [-0.05, 0) is 117 Å². The van der Waals surface area contributed by atoms with Crippen molar-refractivity contribution in [2.75, 3.05) is 0 Å². The highest BCUT2D eigenvalue weighted by molar-refractivity contribution is 5.30. The minimum absolute atomic E-state index is 0.308. The van der Waals surface area contributed by atoms with Crippen LogP contribution in [0.25, 0.3) is 0 Å². The Kier molecular flexibility index (Phi) is 11.8. The van der Waals surface area contributed by atoms with Crippen LogP contribution < -0.4 is 4.74 Å². The molecular formula is C34H50F6O. The first kappa shape index (κ1) is 32.5. The third kappa shape index (κ3) is 9.29. The average molecular weight is 589 g/mol. The van der Waals surface area contributed by atoms with E-state index in [1.807, 2.05) is 0 Å². The lowest BCUT2D eigenvalue weighted by molar-refractivity contribution is -0.304. The molecule has 3 saturated carbocycles. The van der Waals surface area contributed by atoms with Crippen molar-refractivity contribution >= 4 is 0 Å². The highest BCUT2D eigenvalue weighted by Crippen LogP contribution is 2.47. The molecule has 0 radical (unpaired) electrons. The monoisotopic (exact) mass is 588 g/mol. The highest BCUT2D eigenvalue weighted by atomic mass is 19.4. The number of benzene rings is 1. The Hall–Kier alpha value is -1.40. The number of hydrogen-bond donors (Lipinski definition) is 0. The molecule has 0 aliphatic heterocycles. The van der Waals surface area contributed by atoms with Gasteiger partial charge in [0.15, 0.2) is 0 Å². The number of rotatable bonds is 12. The fourth-order valence-corrected chi connectivity index (χ4v) is 8.20. The van der Waals surface area contributed by atoms with Gasteiger partial charge in [0.1, 0.15) is 5.75 Å². The zero-order chi connectivity index (χ0) is 29.5. The first-order chi connectivity index (χ1) is 19.6. The molecule has 1 nitrogen and oxygen atoms in total. The zero-order valence-corrected chi connectivity index (χ0v) is 24.8. The highest BCUT2D eigenvalue weighted by Gasteiger charge is 2.59. The second-order valence-corrected chi connectivity index (χ2v) is 13.4. The summed E-state index contributed by atoms with van der Waals surface area (Å²) in [4.78, 5) is 0. The number of halogens is 6. The van der Waals surface area contributed by atoms with E-state index in [0.29, 0.717) is 5.92 Å². The number of alkyl halides is 6. The number of hydrogen-bond acceptors (Lipinski definition) is 1. The molecule has 0 bridgehead atoms. The fraction of sp³-hybridized carbons (Fsp3) is 0.824. The second kappa shape index (κ2) is 14.9. The predicted molar refractivity (Wildman–Crippen MR) is 152 cm³/mol. The van der Waals surface area contributed by atoms with Crippen LogP contribution in [-0.2, 0) is 0 Å². The summed E-state index contributed by atoms with van der Waals surface area (Å²) in [6.45, 7) is 2.28. The van der Waals surface area contributed by atoms with E-state index in [9.17, 15) is 26.3 Å². The van der Waals surface area contributed by atoms with E-state index in [4.69, 9.17) is 0 Å². The Morgan fingerprint density at radius 2 is 1.12 bits per heavy atom. The maximum Gasteiger partial charge on any atom is 0.439 e. The molecule has 3 aliphatic rings. The van der Waals surface area contributed by atoms with E-state index in [2.05, 4.69) is 11.7 Å². The van der Waals surface area contributed by atoms with E-state index < -0.39 is 24.2 Å². The van der Waals surface area contributed by atoms with Crippen molar-refractivity contribution in [1.29, 1.82) is 0 Å². The van der Waals surface area contributed by atoms with Crippen molar-refractivity contribution in [1.82, 2.24) is 0 Å². The lowest BCUT2D eigenvalue weighted by Gasteiger charge is -2.41. The van der Waals surface area contributed by atoms with Gasteiger partial charge in [0.25, 0.3) is 6.17 Å². The van der Waals surface area contributed by atoms with E-state index in [1.165, 1.54) is 102 Å². The Morgan fingerprint density at radius 1 is 0.659 bits per heavy atom. The van der Waals surface area contributed by atoms with Gasteiger partial charge in [-0.25, -0.2) is 4.39 Å². The van der Waals surface area contributed by atoms with Crippen molar-refractivity contribution < 1.29 is 31.1 Å². The molecule has 3 fully saturated rings. The summed E-state index contributed by atoms with van der Waals surface area (Å²) in [6, 6.07) is 5.70. The van der Waals surface area contributed by atoms with Crippen LogP contribution in [0.4, 0.5) is 26.3 Å². The normalized spacial score (nSPS) is 30.6. The van der Waals surface area contributed by atoms with Crippen LogP contribution in [0, 0.1) is 29.6 Å². The molecule has 0 amide bonds. The Bertz CT molecular complexity index is 875. The van der Waals surface area contributed by atoms with Crippen LogP contribution in [0.15, 0.2) is 24.3 Å². The van der Waals surface area contributed by atoms with E-state index in [1.54, 1.807) is 12.1 Å². The van der Waals surface area contributed by atoms with Crippen LogP contribution >= 0.6 is 0 Å². The molecule has 1 unspecified atom stereocenters. The summed E-state index contributed by atoms with van der Waals surface area (Å²) in [5, 5.41) is 0. The molecule has 0 heterocycles. The summed E-state index contributed by atoms with van der Waals surface area (Å²) in [5.74, 6) is 4.24. The van der Waals surface area contributed by atoms with Crippen molar-refractivity contribution in [3.8, 4) is 5.75 Å². The Balaban J connectivity index is 1.14. The summed E-state index contributed by atoms with van der Waals surface area (Å²) in [7, 11) is 0. The summed E-state index contributed by atoms with van der Waals surface area (Å²) in [5.41, 5.74) is 0.979. The van der Waals surface area contributed by atoms with Gasteiger partial charge in [-0.1, -0.05) is 70.4 Å². The number of unbranched alkanes of at least 4 members (excludes halogenated alkanes) is 4. The van der Waals surface area contributed by atoms with Gasteiger partial charge in [0.2, 0.25) is 0 Å². The lowest BCUT2D eigenvalue weighted by atomic mass is 9.64. The van der Waals surface area contributed by atoms with Gasteiger partial charge in [-0.15, -0.1) is 0 Å². The summed E-state index contributed by atoms with van der Waals surface area (Å²) < 4.78 is 81.5. The number of ether oxygens (including phenoxy) is 1. The van der Waals surface area contributed by atoms with Gasteiger partial charge in [-0.2, -0.15) is 22.0 Å². The molecule has 41 heavy (non-hydrogen) atoms. The summed E-state index contributed by atoms with van der Waals surface area (Å²) >= 11 is 0. The molecule has 0 saturated heterocycles.